The van der Waals surface area contributed by atoms with Gasteiger partial charge in [-0.05, 0) is 48.8 Å². The standard InChI is InChI=1S/C28H34N2O4/c1-4-19-34-23-14-10-13-22(20-23)26-25(24(31)16-15-21-11-8-7-9-12-21)27(32)28(33)30(26)18-17-29(5-2)6-3/h7-16,20,26,32H,4-6,17-19H2,1-3H3/b16-15+. The lowest BCUT2D eigenvalue weighted by atomic mass is 9.95. The quantitative estimate of drug-likeness (QED) is 0.459. The van der Waals surface area contributed by atoms with Crippen LogP contribution in [0.3, 0.4) is 0 Å². The van der Waals surface area contributed by atoms with Crippen LogP contribution in [-0.4, -0.2) is 59.4 Å². The average Bonchev–Trinajstić information content (AvgIpc) is 3.12. The van der Waals surface area contributed by atoms with Gasteiger partial charge >= 0.3 is 0 Å². The summed E-state index contributed by atoms with van der Waals surface area (Å²) in [7, 11) is 0. The third-order valence-corrected chi connectivity index (χ3v) is 5.99. The summed E-state index contributed by atoms with van der Waals surface area (Å²) in [5, 5.41) is 10.8. The van der Waals surface area contributed by atoms with E-state index in [4.69, 9.17) is 4.74 Å². The van der Waals surface area contributed by atoms with Gasteiger partial charge in [-0.25, -0.2) is 0 Å². The Hall–Kier alpha value is -3.38. The minimum Gasteiger partial charge on any atom is -0.503 e. The van der Waals surface area contributed by atoms with Crippen LogP contribution < -0.4 is 4.74 Å². The summed E-state index contributed by atoms with van der Waals surface area (Å²) in [4.78, 5) is 30.2. The molecule has 180 valence electrons. The number of hydrogen-bond acceptors (Lipinski definition) is 5. The fraction of sp³-hybridized carbons (Fsp3) is 0.357. The maximum absolute atomic E-state index is 13.3. The molecule has 1 unspecified atom stereocenters. The fourth-order valence-corrected chi connectivity index (χ4v) is 4.09. The number of ether oxygens (including phenoxy) is 1. The predicted octanol–water partition coefficient (Wildman–Crippen LogP) is 4.80. The first-order chi connectivity index (χ1) is 16.5. The van der Waals surface area contributed by atoms with Crippen LogP contribution in [0.25, 0.3) is 6.08 Å². The molecular weight excluding hydrogens is 428 g/mol. The molecule has 1 aliphatic heterocycles. The Balaban J connectivity index is 1.96. The Kier molecular flexibility index (Phi) is 9.05. The van der Waals surface area contributed by atoms with Gasteiger partial charge in [0.2, 0.25) is 0 Å². The summed E-state index contributed by atoms with van der Waals surface area (Å²) in [6, 6.07) is 16.2. The Labute approximate surface area is 202 Å². The number of amides is 1. The van der Waals surface area contributed by atoms with Crippen molar-refractivity contribution in [3.8, 4) is 5.75 Å². The van der Waals surface area contributed by atoms with E-state index in [1.54, 1.807) is 11.0 Å². The Morgan fingerprint density at radius 3 is 2.50 bits per heavy atom. The molecule has 3 rings (SSSR count). The van der Waals surface area contributed by atoms with Crippen LogP contribution in [-0.2, 0) is 9.59 Å². The number of aliphatic hydroxyl groups is 1. The third kappa shape index (κ3) is 5.94. The minimum atomic E-state index is -0.679. The molecule has 1 heterocycles. The van der Waals surface area contributed by atoms with Gasteiger partial charge in [-0.3, -0.25) is 9.59 Å². The van der Waals surface area contributed by atoms with Gasteiger partial charge in [-0.1, -0.05) is 69.3 Å². The second-order valence-electron chi connectivity index (χ2n) is 8.22. The summed E-state index contributed by atoms with van der Waals surface area (Å²) in [6.45, 7) is 9.50. The third-order valence-electron chi connectivity index (χ3n) is 5.99. The number of nitrogens with zero attached hydrogens (tertiary/aromatic N) is 2. The second-order valence-corrected chi connectivity index (χ2v) is 8.22. The molecule has 34 heavy (non-hydrogen) atoms. The van der Waals surface area contributed by atoms with Gasteiger partial charge in [-0.2, -0.15) is 0 Å². The number of allylic oxidation sites excluding steroid dienone is 1. The number of benzene rings is 2. The van der Waals surface area contributed by atoms with Gasteiger partial charge in [0, 0.05) is 13.1 Å². The van der Waals surface area contributed by atoms with Crippen LogP contribution in [0.1, 0.15) is 44.4 Å². The van der Waals surface area contributed by atoms with Gasteiger partial charge in [0.25, 0.3) is 5.91 Å². The van der Waals surface area contributed by atoms with Gasteiger partial charge in [0.1, 0.15) is 5.75 Å². The smallest absolute Gasteiger partial charge is 0.290 e. The first kappa shape index (κ1) is 25.2. The maximum Gasteiger partial charge on any atom is 0.290 e. The van der Waals surface area contributed by atoms with Crippen molar-refractivity contribution in [2.45, 2.75) is 33.2 Å². The van der Waals surface area contributed by atoms with E-state index >= 15 is 0 Å². The summed E-state index contributed by atoms with van der Waals surface area (Å²) in [5.41, 5.74) is 1.71. The molecule has 0 radical (unpaired) electrons. The minimum absolute atomic E-state index is 0.101. The van der Waals surface area contributed by atoms with Crippen molar-refractivity contribution in [1.29, 1.82) is 0 Å². The zero-order chi connectivity index (χ0) is 24.5. The molecule has 0 fully saturated rings. The summed E-state index contributed by atoms with van der Waals surface area (Å²) in [5.74, 6) is -0.709. The number of ketones is 1. The SMILES string of the molecule is CCCOc1cccc(C2C(C(=O)/C=C/c3ccccc3)=C(O)C(=O)N2CCN(CC)CC)c1. The number of carbonyl (C=O) groups excluding carboxylic acids is 2. The molecule has 1 N–H and O–H groups in total. The van der Waals surface area contributed by atoms with Gasteiger partial charge in [-0.15, -0.1) is 0 Å². The average molecular weight is 463 g/mol. The van der Waals surface area contributed by atoms with Crippen molar-refractivity contribution in [2.75, 3.05) is 32.8 Å². The van der Waals surface area contributed by atoms with Crippen molar-refractivity contribution < 1.29 is 19.4 Å². The second kappa shape index (κ2) is 12.2. The Bertz CT molecular complexity index is 1040. The molecule has 6 nitrogen and oxygen atoms in total. The Morgan fingerprint density at radius 2 is 1.82 bits per heavy atom. The fourth-order valence-electron chi connectivity index (χ4n) is 4.09. The molecule has 0 aromatic heterocycles. The highest BCUT2D eigenvalue weighted by molar-refractivity contribution is 6.14. The summed E-state index contributed by atoms with van der Waals surface area (Å²) in [6.07, 6.45) is 3.99. The molecule has 0 aliphatic carbocycles. The number of aliphatic hydroxyl groups excluding tert-OH is 1. The number of likely N-dealkylation sites (N-methyl/N-ethyl adjacent to an activating group) is 1. The maximum atomic E-state index is 13.3. The lowest BCUT2D eigenvalue weighted by molar-refractivity contribution is -0.129. The highest BCUT2D eigenvalue weighted by Crippen LogP contribution is 2.39. The topological polar surface area (TPSA) is 70.1 Å². The normalized spacial score (nSPS) is 16.2. The van der Waals surface area contributed by atoms with E-state index < -0.39 is 17.7 Å². The molecule has 6 heteroatoms. The van der Waals surface area contributed by atoms with E-state index in [-0.39, 0.29) is 11.4 Å². The van der Waals surface area contributed by atoms with Crippen LogP contribution in [0.2, 0.25) is 0 Å². The monoisotopic (exact) mass is 462 g/mol. The molecule has 2 aromatic carbocycles. The van der Waals surface area contributed by atoms with Crippen LogP contribution in [0, 0.1) is 0 Å². The van der Waals surface area contributed by atoms with Crippen molar-refractivity contribution in [2.24, 2.45) is 0 Å². The van der Waals surface area contributed by atoms with Gasteiger partial charge in [0.15, 0.2) is 11.5 Å². The first-order valence-corrected chi connectivity index (χ1v) is 12.0. The van der Waals surface area contributed by atoms with Crippen molar-refractivity contribution in [3.63, 3.8) is 0 Å². The van der Waals surface area contributed by atoms with E-state index in [0.29, 0.717) is 25.4 Å². The molecule has 1 amide bonds. The Morgan fingerprint density at radius 1 is 1.09 bits per heavy atom. The first-order valence-electron chi connectivity index (χ1n) is 12.0. The molecule has 0 saturated carbocycles. The van der Waals surface area contributed by atoms with Crippen LogP contribution in [0.4, 0.5) is 0 Å². The largest absolute Gasteiger partial charge is 0.503 e. The summed E-state index contributed by atoms with van der Waals surface area (Å²) < 4.78 is 5.79. The molecule has 1 aliphatic rings. The van der Waals surface area contributed by atoms with Crippen molar-refractivity contribution in [3.05, 3.63) is 83.1 Å². The highest BCUT2D eigenvalue weighted by atomic mass is 16.5. The van der Waals surface area contributed by atoms with Crippen LogP contribution in [0.5, 0.6) is 5.75 Å². The van der Waals surface area contributed by atoms with E-state index in [2.05, 4.69) is 18.7 Å². The van der Waals surface area contributed by atoms with Crippen LogP contribution >= 0.6 is 0 Å². The number of carbonyl (C=O) groups is 2. The van der Waals surface area contributed by atoms with E-state index in [1.165, 1.54) is 6.08 Å². The van der Waals surface area contributed by atoms with E-state index in [1.807, 2.05) is 61.5 Å². The van der Waals surface area contributed by atoms with E-state index in [0.717, 1.165) is 30.6 Å². The van der Waals surface area contributed by atoms with Crippen LogP contribution in [0.15, 0.2) is 72.0 Å². The molecule has 0 spiro atoms. The molecular formula is C28H34N2O4. The van der Waals surface area contributed by atoms with Gasteiger partial charge < -0.3 is 19.6 Å². The predicted molar refractivity (Wildman–Crippen MR) is 135 cm³/mol. The van der Waals surface area contributed by atoms with Crippen molar-refractivity contribution >= 4 is 17.8 Å². The highest BCUT2D eigenvalue weighted by Gasteiger charge is 2.42. The molecule has 0 bridgehead atoms. The molecule has 2 aromatic rings. The van der Waals surface area contributed by atoms with Crippen molar-refractivity contribution in [1.82, 2.24) is 9.80 Å². The molecule has 0 saturated heterocycles. The summed E-state index contributed by atoms with van der Waals surface area (Å²) >= 11 is 0. The van der Waals surface area contributed by atoms with Gasteiger partial charge in [0.05, 0.1) is 18.2 Å². The molecule has 1 atom stereocenters. The lowest BCUT2D eigenvalue weighted by Crippen LogP contribution is -2.38. The van der Waals surface area contributed by atoms with E-state index in [9.17, 15) is 14.7 Å². The zero-order valence-electron chi connectivity index (χ0n) is 20.2. The number of hydrogen-bond donors (Lipinski definition) is 1. The number of rotatable bonds is 12. The lowest BCUT2D eigenvalue weighted by Gasteiger charge is -2.29. The zero-order valence-corrected chi connectivity index (χ0v) is 20.2.